The van der Waals surface area contributed by atoms with Gasteiger partial charge in [-0.3, -0.25) is 9.97 Å². The first-order valence-corrected chi connectivity index (χ1v) is 16.2. The van der Waals surface area contributed by atoms with Gasteiger partial charge in [-0.05, 0) is 96.6 Å². The summed E-state index contributed by atoms with van der Waals surface area (Å²) in [7, 11) is 0. The van der Waals surface area contributed by atoms with Crippen LogP contribution in [0.3, 0.4) is 0 Å². The molecule has 0 aliphatic heterocycles. The van der Waals surface area contributed by atoms with E-state index in [1.807, 2.05) is 30.5 Å². The summed E-state index contributed by atoms with van der Waals surface area (Å²) in [4.78, 5) is 9.57. The van der Waals surface area contributed by atoms with Crippen LogP contribution in [-0.2, 0) is 11.8 Å². The van der Waals surface area contributed by atoms with Gasteiger partial charge in [0.15, 0.2) is 0 Å². The first-order valence-electron chi connectivity index (χ1n) is 16.2. The molecular formula is C44H36N2. The molecule has 8 rings (SSSR count). The number of aromatic nitrogens is 2. The Morgan fingerprint density at radius 1 is 0.587 bits per heavy atom. The van der Waals surface area contributed by atoms with Gasteiger partial charge in [0.2, 0.25) is 0 Å². The predicted octanol–water partition coefficient (Wildman–Crippen LogP) is 11.4. The minimum absolute atomic E-state index is 0.116. The highest BCUT2D eigenvalue weighted by Crippen LogP contribution is 2.44. The molecule has 0 bridgehead atoms. The number of allylic oxidation sites excluding steroid dienone is 1. The largest absolute Gasteiger partial charge is 0.255 e. The van der Waals surface area contributed by atoms with Crippen LogP contribution in [0.4, 0.5) is 0 Å². The van der Waals surface area contributed by atoms with Crippen LogP contribution >= 0.6 is 0 Å². The van der Waals surface area contributed by atoms with Crippen molar-refractivity contribution in [3.8, 4) is 33.6 Å². The van der Waals surface area contributed by atoms with Crippen LogP contribution in [0.1, 0.15) is 49.1 Å². The fourth-order valence-corrected chi connectivity index (χ4v) is 7.03. The summed E-state index contributed by atoms with van der Waals surface area (Å²) < 4.78 is 0. The average molecular weight is 593 g/mol. The molecular weight excluding hydrogens is 556 g/mol. The first kappa shape index (κ1) is 28.2. The highest BCUT2D eigenvalue weighted by atomic mass is 14.8. The number of rotatable bonds is 4. The lowest BCUT2D eigenvalue weighted by Gasteiger charge is -2.22. The third-order valence-electron chi connectivity index (χ3n) is 9.43. The maximum Gasteiger partial charge on any atom is 0.0889 e. The van der Waals surface area contributed by atoms with E-state index in [4.69, 9.17) is 4.98 Å². The molecule has 0 spiro atoms. The molecule has 222 valence electrons. The van der Waals surface area contributed by atoms with Gasteiger partial charge in [-0.15, -0.1) is 0 Å². The zero-order valence-corrected chi connectivity index (χ0v) is 26.5. The zero-order valence-electron chi connectivity index (χ0n) is 26.5. The molecule has 1 aliphatic carbocycles. The fourth-order valence-electron chi connectivity index (χ4n) is 7.03. The summed E-state index contributed by atoms with van der Waals surface area (Å²) in [5.41, 5.74) is 12.1. The number of hydrogen-bond donors (Lipinski definition) is 0. The maximum absolute atomic E-state index is 5.05. The van der Waals surface area contributed by atoms with Crippen LogP contribution < -0.4 is 0 Å². The van der Waals surface area contributed by atoms with Gasteiger partial charge >= 0.3 is 0 Å². The highest BCUT2D eigenvalue weighted by molar-refractivity contribution is 6.21. The van der Waals surface area contributed by atoms with E-state index in [2.05, 4.69) is 141 Å². The Bertz CT molecular complexity index is 2200. The second kappa shape index (κ2) is 11.2. The topological polar surface area (TPSA) is 25.8 Å². The van der Waals surface area contributed by atoms with Gasteiger partial charge in [0.05, 0.1) is 11.4 Å². The number of pyridine rings is 2. The molecule has 0 amide bonds. The molecule has 7 aromatic rings. The van der Waals surface area contributed by atoms with Crippen LogP contribution in [0.25, 0.3) is 61.3 Å². The van der Waals surface area contributed by atoms with E-state index in [0.717, 1.165) is 23.5 Å². The number of benzene rings is 5. The summed E-state index contributed by atoms with van der Waals surface area (Å²) in [6.07, 6.45) is 7.30. The molecule has 5 aromatic carbocycles. The summed E-state index contributed by atoms with van der Waals surface area (Å²) in [6.45, 7) is 6.82. The predicted molar refractivity (Wildman–Crippen MR) is 194 cm³/mol. The van der Waals surface area contributed by atoms with Gasteiger partial charge in [0.1, 0.15) is 0 Å². The molecule has 2 nitrogen and oxygen atoms in total. The van der Waals surface area contributed by atoms with Crippen LogP contribution in [0.2, 0.25) is 0 Å². The quantitative estimate of drug-likeness (QED) is 0.190. The van der Waals surface area contributed by atoms with Crippen molar-refractivity contribution in [2.75, 3.05) is 0 Å². The molecule has 0 saturated heterocycles. The third kappa shape index (κ3) is 5.01. The van der Waals surface area contributed by atoms with Gasteiger partial charge in [0, 0.05) is 17.8 Å². The molecule has 46 heavy (non-hydrogen) atoms. The van der Waals surface area contributed by atoms with Gasteiger partial charge in [0.25, 0.3) is 0 Å². The van der Waals surface area contributed by atoms with Crippen molar-refractivity contribution in [3.05, 3.63) is 162 Å². The van der Waals surface area contributed by atoms with Crippen molar-refractivity contribution < 1.29 is 0 Å². The SMILES string of the molecule is CC(C)(C)c1ccc(-c2c3ccccc3c(-c3ccc4c(c3)CC(c3cccc(-c5ccccn5)n3)C=C4)c3ccccc23)cc1. The second-order valence-electron chi connectivity index (χ2n) is 13.4. The van der Waals surface area contributed by atoms with E-state index >= 15 is 0 Å². The highest BCUT2D eigenvalue weighted by Gasteiger charge is 2.21. The Morgan fingerprint density at radius 2 is 1.20 bits per heavy atom. The Morgan fingerprint density at radius 3 is 1.83 bits per heavy atom. The Hall–Kier alpha value is -5.34. The molecule has 2 heterocycles. The molecule has 1 aliphatic rings. The molecule has 0 radical (unpaired) electrons. The Labute approximate surface area is 271 Å². The van der Waals surface area contributed by atoms with Gasteiger partial charge < -0.3 is 0 Å². The van der Waals surface area contributed by atoms with Crippen LogP contribution in [-0.4, -0.2) is 9.97 Å². The average Bonchev–Trinajstić information content (AvgIpc) is 3.10. The molecule has 0 fully saturated rings. The number of fused-ring (bicyclic) bond motifs is 3. The molecule has 2 heteroatoms. The molecule has 1 atom stereocenters. The smallest absolute Gasteiger partial charge is 0.0889 e. The lowest BCUT2D eigenvalue weighted by molar-refractivity contribution is 0.590. The van der Waals surface area contributed by atoms with E-state index in [1.165, 1.54) is 60.5 Å². The second-order valence-corrected chi connectivity index (χ2v) is 13.4. The van der Waals surface area contributed by atoms with Crippen molar-refractivity contribution in [1.82, 2.24) is 9.97 Å². The van der Waals surface area contributed by atoms with Crippen molar-refractivity contribution in [2.45, 2.75) is 38.5 Å². The van der Waals surface area contributed by atoms with Crippen molar-refractivity contribution in [2.24, 2.45) is 0 Å². The van der Waals surface area contributed by atoms with E-state index in [9.17, 15) is 0 Å². The van der Waals surface area contributed by atoms with Crippen molar-refractivity contribution in [1.29, 1.82) is 0 Å². The van der Waals surface area contributed by atoms with Crippen molar-refractivity contribution in [3.63, 3.8) is 0 Å². The fraction of sp³-hybridized carbons (Fsp3) is 0.136. The maximum atomic E-state index is 5.05. The van der Waals surface area contributed by atoms with Crippen molar-refractivity contribution >= 4 is 27.6 Å². The molecule has 1 unspecified atom stereocenters. The Balaban J connectivity index is 1.24. The third-order valence-corrected chi connectivity index (χ3v) is 9.43. The summed E-state index contributed by atoms with van der Waals surface area (Å²) in [5.74, 6) is 0.207. The lowest BCUT2D eigenvalue weighted by Crippen LogP contribution is -2.10. The number of hydrogen-bond acceptors (Lipinski definition) is 2. The Kier molecular flexibility index (Phi) is 6.87. The van der Waals surface area contributed by atoms with Gasteiger partial charge in [-0.2, -0.15) is 0 Å². The van der Waals surface area contributed by atoms with Gasteiger partial charge in [-0.25, -0.2) is 0 Å². The first-order chi connectivity index (χ1) is 22.4. The zero-order chi connectivity index (χ0) is 31.3. The minimum Gasteiger partial charge on any atom is -0.255 e. The minimum atomic E-state index is 0.116. The standard InChI is InChI=1S/C44H36N2/c1-44(2,3)34-24-22-30(23-25-34)42-35-11-4-6-13-37(35)43(38-14-7-5-12-36(38)42)32-21-19-29-18-20-31(27-33(29)28-32)39-16-10-17-41(46-39)40-15-8-9-26-45-40/h4-26,28,31H,27H2,1-3H3. The monoisotopic (exact) mass is 592 g/mol. The molecule has 0 N–H and O–H groups in total. The van der Waals surface area contributed by atoms with E-state index in [-0.39, 0.29) is 11.3 Å². The van der Waals surface area contributed by atoms with Crippen LogP contribution in [0, 0.1) is 0 Å². The van der Waals surface area contributed by atoms with Crippen LogP contribution in [0.15, 0.2) is 140 Å². The normalized spacial score (nSPS) is 14.5. The van der Waals surface area contributed by atoms with Gasteiger partial charge in [-0.1, -0.05) is 136 Å². The van der Waals surface area contributed by atoms with E-state index in [1.54, 1.807) is 0 Å². The lowest BCUT2D eigenvalue weighted by atomic mass is 9.82. The summed E-state index contributed by atoms with van der Waals surface area (Å²) >= 11 is 0. The van der Waals surface area contributed by atoms with Crippen LogP contribution in [0.5, 0.6) is 0 Å². The summed E-state index contributed by atoms with van der Waals surface area (Å²) in [5, 5.41) is 5.13. The van der Waals surface area contributed by atoms with E-state index in [0.29, 0.717) is 0 Å². The number of nitrogens with zero attached hydrogens (tertiary/aromatic N) is 2. The molecule has 0 saturated carbocycles. The van der Waals surface area contributed by atoms with E-state index < -0.39 is 0 Å². The molecule has 2 aromatic heterocycles. The summed E-state index contributed by atoms with van der Waals surface area (Å²) in [6, 6.07) is 46.3.